The molecule has 0 amide bonds. The predicted molar refractivity (Wildman–Crippen MR) is 53.4 cm³/mol. The van der Waals surface area contributed by atoms with Crippen LogP contribution >= 0.6 is 11.6 Å². The summed E-state index contributed by atoms with van der Waals surface area (Å²) in [6.07, 6.45) is 3.07. The molecule has 2 heterocycles. The quantitative estimate of drug-likeness (QED) is 0.852. The van der Waals surface area contributed by atoms with Gasteiger partial charge in [-0.25, -0.2) is 9.97 Å². The number of hydrogen-bond acceptors (Lipinski definition) is 6. The second-order valence-corrected chi connectivity index (χ2v) is 3.14. The molecule has 6 nitrogen and oxygen atoms in total. The van der Waals surface area contributed by atoms with E-state index >= 15 is 0 Å². The van der Waals surface area contributed by atoms with E-state index in [-0.39, 0.29) is 0 Å². The summed E-state index contributed by atoms with van der Waals surface area (Å²) < 4.78 is 4.81. The number of hydrogen-bond donors (Lipinski definition) is 1. The zero-order valence-corrected chi connectivity index (χ0v) is 8.69. The average molecular weight is 226 g/mol. The molecule has 2 rings (SSSR count). The van der Waals surface area contributed by atoms with Crippen molar-refractivity contribution in [3.8, 4) is 0 Å². The Labute approximate surface area is 90.7 Å². The molecule has 1 N–H and O–H groups in total. The Bertz CT molecular complexity index is 458. The maximum Gasteiger partial charge on any atom is 0.223 e. The minimum absolute atomic E-state index is 0.317. The van der Waals surface area contributed by atoms with E-state index in [0.29, 0.717) is 29.2 Å². The third kappa shape index (κ3) is 2.41. The molecule has 2 aromatic rings. The lowest BCUT2D eigenvalue weighted by atomic mass is 10.5. The molecule has 0 atom stereocenters. The molecule has 0 saturated heterocycles. The van der Waals surface area contributed by atoms with Crippen LogP contribution in [-0.4, -0.2) is 20.1 Å². The van der Waals surface area contributed by atoms with E-state index in [1.165, 1.54) is 6.20 Å². The van der Waals surface area contributed by atoms with E-state index in [1.807, 2.05) is 0 Å². The Kier molecular flexibility index (Phi) is 2.77. The third-order valence-corrected chi connectivity index (χ3v) is 1.91. The van der Waals surface area contributed by atoms with Crippen molar-refractivity contribution >= 4 is 17.4 Å². The number of aryl methyl sites for hydroxylation is 1. The second kappa shape index (κ2) is 4.22. The largest absolute Gasteiger partial charge is 0.360 e. The Morgan fingerprint density at radius 1 is 1.40 bits per heavy atom. The lowest BCUT2D eigenvalue weighted by molar-refractivity contribution is 0.388. The van der Waals surface area contributed by atoms with Crippen molar-refractivity contribution in [3.63, 3.8) is 0 Å². The standard InChI is InChI=1S/C8H8ClN5O/c1-5-13-6(14-15-5)4-12-8-7(9)10-2-3-11-8/h2-3H,4H2,1H3,(H,11,12). The third-order valence-electron chi connectivity index (χ3n) is 1.64. The van der Waals surface area contributed by atoms with Gasteiger partial charge in [0.15, 0.2) is 16.8 Å². The smallest absolute Gasteiger partial charge is 0.223 e. The predicted octanol–water partition coefficient (Wildman–Crippen LogP) is 1.43. The monoisotopic (exact) mass is 225 g/mol. The number of nitrogens with zero attached hydrogens (tertiary/aromatic N) is 4. The SMILES string of the molecule is Cc1nc(CNc2nccnc2Cl)no1. The highest BCUT2D eigenvalue weighted by molar-refractivity contribution is 6.31. The van der Waals surface area contributed by atoms with Gasteiger partial charge < -0.3 is 9.84 Å². The van der Waals surface area contributed by atoms with Gasteiger partial charge in [0.05, 0.1) is 6.54 Å². The summed E-state index contributed by atoms with van der Waals surface area (Å²) in [5.41, 5.74) is 0. The lowest BCUT2D eigenvalue weighted by Crippen LogP contribution is -2.03. The number of aromatic nitrogens is 4. The van der Waals surface area contributed by atoms with Crippen LogP contribution in [0.3, 0.4) is 0 Å². The molecular weight excluding hydrogens is 218 g/mol. The highest BCUT2D eigenvalue weighted by Gasteiger charge is 2.04. The van der Waals surface area contributed by atoms with E-state index in [1.54, 1.807) is 13.1 Å². The number of anilines is 1. The molecule has 0 saturated carbocycles. The van der Waals surface area contributed by atoms with Gasteiger partial charge in [0, 0.05) is 19.3 Å². The lowest BCUT2D eigenvalue weighted by Gasteiger charge is -2.02. The fourth-order valence-electron chi connectivity index (χ4n) is 1.02. The van der Waals surface area contributed by atoms with Gasteiger partial charge in [0.1, 0.15) is 0 Å². The van der Waals surface area contributed by atoms with Gasteiger partial charge in [0.25, 0.3) is 0 Å². The molecule has 0 aromatic carbocycles. The van der Waals surface area contributed by atoms with Crippen molar-refractivity contribution in [2.45, 2.75) is 13.5 Å². The Balaban J connectivity index is 2.02. The summed E-state index contributed by atoms with van der Waals surface area (Å²) >= 11 is 5.80. The maximum atomic E-state index is 5.80. The van der Waals surface area contributed by atoms with E-state index in [4.69, 9.17) is 16.1 Å². The summed E-state index contributed by atoms with van der Waals surface area (Å²) in [6.45, 7) is 2.13. The minimum Gasteiger partial charge on any atom is -0.360 e. The van der Waals surface area contributed by atoms with Gasteiger partial charge in [-0.05, 0) is 0 Å². The van der Waals surface area contributed by atoms with E-state index in [9.17, 15) is 0 Å². The van der Waals surface area contributed by atoms with Crippen LogP contribution in [0.4, 0.5) is 5.82 Å². The van der Waals surface area contributed by atoms with Crippen LogP contribution in [0.1, 0.15) is 11.7 Å². The number of rotatable bonds is 3. The zero-order valence-electron chi connectivity index (χ0n) is 7.94. The fourth-order valence-corrected chi connectivity index (χ4v) is 1.19. The molecule has 0 fully saturated rings. The molecule has 0 aliphatic carbocycles. The normalized spacial score (nSPS) is 10.3. The molecule has 2 aromatic heterocycles. The minimum atomic E-state index is 0.317. The van der Waals surface area contributed by atoms with Crippen molar-refractivity contribution in [3.05, 3.63) is 29.3 Å². The summed E-state index contributed by atoms with van der Waals surface area (Å²) in [5.74, 6) is 1.58. The van der Waals surface area contributed by atoms with E-state index in [0.717, 1.165) is 0 Å². The van der Waals surface area contributed by atoms with Gasteiger partial charge in [-0.15, -0.1) is 0 Å². The summed E-state index contributed by atoms with van der Waals surface area (Å²) in [6, 6.07) is 0. The molecule has 0 radical (unpaired) electrons. The molecule has 0 unspecified atom stereocenters. The van der Waals surface area contributed by atoms with E-state index < -0.39 is 0 Å². The highest BCUT2D eigenvalue weighted by Crippen LogP contribution is 2.14. The molecule has 0 aliphatic heterocycles. The van der Waals surface area contributed by atoms with Crippen molar-refractivity contribution in [2.24, 2.45) is 0 Å². The average Bonchev–Trinajstić information content (AvgIpc) is 2.63. The summed E-state index contributed by atoms with van der Waals surface area (Å²) in [7, 11) is 0. The first-order chi connectivity index (χ1) is 7.25. The molecule has 78 valence electrons. The van der Waals surface area contributed by atoms with Crippen LogP contribution in [0.25, 0.3) is 0 Å². The van der Waals surface area contributed by atoms with E-state index in [2.05, 4.69) is 25.4 Å². The topological polar surface area (TPSA) is 76.7 Å². The molecule has 7 heteroatoms. The molecule has 15 heavy (non-hydrogen) atoms. The zero-order chi connectivity index (χ0) is 10.7. The van der Waals surface area contributed by atoms with Gasteiger partial charge in [-0.2, -0.15) is 4.98 Å². The second-order valence-electron chi connectivity index (χ2n) is 2.78. The van der Waals surface area contributed by atoms with Gasteiger partial charge in [0.2, 0.25) is 5.89 Å². The van der Waals surface area contributed by atoms with Crippen LogP contribution in [-0.2, 0) is 6.54 Å². The van der Waals surface area contributed by atoms with Crippen molar-refractivity contribution in [1.82, 2.24) is 20.1 Å². The Morgan fingerprint density at radius 3 is 2.87 bits per heavy atom. The van der Waals surface area contributed by atoms with Crippen LogP contribution in [0.2, 0.25) is 5.15 Å². The maximum absolute atomic E-state index is 5.80. The van der Waals surface area contributed by atoms with Crippen molar-refractivity contribution in [2.75, 3.05) is 5.32 Å². The van der Waals surface area contributed by atoms with Crippen molar-refractivity contribution in [1.29, 1.82) is 0 Å². The molecular formula is C8H8ClN5O. The van der Waals surface area contributed by atoms with Crippen LogP contribution in [0, 0.1) is 6.92 Å². The van der Waals surface area contributed by atoms with Crippen LogP contribution < -0.4 is 5.32 Å². The highest BCUT2D eigenvalue weighted by atomic mass is 35.5. The number of nitrogens with one attached hydrogen (secondary N) is 1. The fraction of sp³-hybridized carbons (Fsp3) is 0.250. The van der Waals surface area contributed by atoms with Gasteiger partial charge >= 0.3 is 0 Å². The summed E-state index contributed by atoms with van der Waals surface area (Å²) in [4.78, 5) is 11.9. The molecule has 0 bridgehead atoms. The summed E-state index contributed by atoms with van der Waals surface area (Å²) in [5, 5.41) is 6.99. The van der Waals surface area contributed by atoms with Gasteiger partial charge in [-0.3, -0.25) is 0 Å². The van der Waals surface area contributed by atoms with Gasteiger partial charge in [-0.1, -0.05) is 16.8 Å². The first-order valence-electron chi connectivity index (χ1n) is 4.25. The Hall–Kier alpha value is -1.69. The van der Waals surface area contributed by atoms with Crippen molar-refractivity contribution < 1.29 is 4.52 Å². The number of halogens is 1. The van der Waals surface area contributed by atoms with Crippen LogP contribution in [0.15, 0.2) is 16.9 Å². The first kappa shape index (κ1) is 9.85. The molecule has 0 aliphatic rings. The van der Waals surface area contributed by atoms with Crippen LogP contribution in [0.5, 0.6) is 0 Å². The first-order valence-corrected chi connectivity index (χ1v) is 4.63. The Morgan fingerprint density at radius 2 is 2.20 bits per heavy atom. The molecule has 0 spiro atoms.